The van der Waals surface area contributed by atoms with Gasteiger partial charge in [-0.25, -0.2) is 0 Å². The molecular formula is CrCuTiZr. The van der Waals surface area contributed by atoms with E-state index in [0.29, 0.717) is 0 Å². The fourth-order valence-corrected chi connectivity index (χ4v) is 0. The molecule has 0 rings (SSSR count). The number of hydrogen-bond donors (Lipinski definition) is 0. The van der Waals surface area contributed by atoms with Crippen LogP contribution in [0, 0.1) is 0 Å². The molecule has 0 N–H and O–H groups in total. The van der Waals surface area contributed by atoms with Gasteiger partial charge in [0.1, 0.15) is 0 Å². The van der Waals surface area contributed by atoms with Gasteiger partial charge in [0, 0.05) is 82.4 Å². The van der Waals surface area contributed by atoms with E-state index in [1.54, 1.807) is 0 Å². The van der Waals surface area contributed by atoms with Gasteiger partial charge in [-0.05, 0) is 0 Å². The van der Waals surface area contributed by atoms with Crippen LogP contribution in [0.5, 0.6) is 0 Å². The van der Waals surface area contributed by atoms with Crippen molar-refractivity contribution in [3.63, 3.8) is 0 Å². The van der Waals surface area contributed by atoms with Crippen LogP contribution < -0.4 is 0 Å². The van der Waals surface area contributed by atoms with Crippen molar-refractivity contribution in [3.05, 3.63) is 0 Å². The van der Waals surface area contributed by atoms with Crippen LogP contribution >= 0.6 is 0 Å². The topological polar surface area (TPSA) is 0 Å². The van der Waals surface area contributed by atoms with Crippen LogP contribution in [0.1, 0.15) is 0 Å². The van der Waals surface area contributed by atoms with Crippen LogP contribution in [0.15, 0.2) is 0 Å². The van der Waals surface area contributed by atoms with Crippen molar-refractivity contribution in [1.29, 1.82) is 0 Å². The van der Waals surface area contributed by atoms with Crippen LogP contribution in [-0.2, 0) is 82.4 Å². The molecule has 0 amide bonds. The van der Waals surface area contributed by atoms with Crippen LogP contribution in [0.2, 0.25) is 0 Å². The SMILES string of the molecule is [Cr].[Cu].[Ti].[Zr]. The Labute approximate surface area is 81.1 Å². The van der Waals surface area contributed by atoms with Gasteiger partial charge in [0.25, 0.3) is 0 Å². The summed E-state index contributed by atoms with van der Waals surface area (Å²) in [5, 5.41) is 0. The second-order valence-corrected chi connectivity index (χ2v) is 0. The minimum absolute atomic E-state index is 0. The average molecular weight is 255 g/mol. The summed E-state index contributed by atoms with van der Waals surface area (Å²) in [4.78, 5) is 0. The van der Waals surface area contributed by atoms with Crippen molar-refractivity contribution < 1.29 is 82.4 Å². The third-order valence-electron chi connectivity index (χ3n) is 0. The molecular weight excluding hydrogens is 255 g/mol. The molecule has 4 heteroatoms. The molecule has 0 bridgehead atoms. The first-order valence-electron chi connectivity index (χ1n) is 0. The monoisotopic (exact) mass is 253 g/mol. The molecule has 0 nitrogen and oxygen atoms in total. The first-order valence-corrected chi connectivity index (χ1v) is 0. The summed E-state index contributed by atoms with van der Waals surface area (Å²) in [5.74, 6) is 0. The summed E-state index contributed by atoms with van der Waals surface area (Å²) >= 11 is 0. The second kappa shape index (κ2) is 17.4. The summed E-state index contributed by atoms with van der Waals surface area (Å²) in [6.07, 6.45) is 0. The minimum Gasteiger partial charge on any atom is 0 e. The zero-order valence-electron chi connectivity index (χ0n) is 1.71. The maximum atomic E-state index is 0. The van der Waals surface area contributed by atoms with Crippen molar-refractivity contribution in [2.24, 2.45) is 0 Å². The number of rotatable bonds is 0. The molecule has 0 aliphatic heterocycles. The normalized spacial score (nSPS) is 0. The third-order valence-corrected chi connectivity index (χ3v) is 0. The summed E-state index contributed by atoms with van der Waals surface area (Å²) in [5.41, 5.74) is 0. The van der Waals surface area contributed by atoms with E-state index in [1.807, 2.05) is 0 Å². The zero-order chi connectivity index (χ0) is 0. The van der Waals surface area contributed by atoms with Crippen molar-refractivity contribution >= 4 is 0 Å². The van der Waals surface area contributed by atoms with Crippen molar-refractivity contribution in [3.8, 4) is 0 Å². The van der Waals surface area contributed by atoms with Gasteiger partial charge < -0.3 is 0 Å². The third kappa shape index (κ3) is 8.82. The van der Waals surface area contributed by atoms with E-state index >= 15 is 0 Å². The Balaban J connectivity index is 0. The fourth-order valence-electron chi connectivity index (χ4n) is 0. The molecule has 0 aromatic heterocycles. The fraction of sp³-hybridized carbons (Fsp3) is 0. The van der Waals surface area contributed by atoms with Gasteiger partial charge in [-0.2, -0.15) is 0 Å². The van der Waals surface area contributed by atoms with Crippen molar-refractivity contribution in [2.45, 2.75) is 0 Å². The molecule has 0 saturated carbocycles. The van der Waals surface area contributed by atoms with Gasteiger partial charge in [0.15, 0.2) is 0 Å². The standard InChI is InChI=1S/Cr.Cu.Ti.Zr. The Kier molecular flexibility index (Phi) is 132. The van der Waals surface area contributed by atoms with Gasteiger partial charge >= 0.3 is 0 Å². The van der Waals surface area contributed by atoms with Crippen LogP contribution in [0.4, 0.5) is 0 Å². The largest absolute Gasteiger partial charge is 0 e. The van der Waals surface area contributed by atoms with Gasteiger partial charge in [-0.1, -0.05) is 0 Å². The number of hydrogen-bond acceptors (Lipinski definition) is 0. The molecule has 0 heterocycles. The quantitative estimate of drug-likeness (QED) is 0.534. The van der Waals surface area contributed by atoms with Gasteiger partial charge in [-0.3, -0.25) is 0 Å². The van der Waals surface area contributed by atoms with Gasteiger partial charge in [0.05, 0.1) is 0 Å². The maximum Gasteiger partial charge on any atom is 0 e. The molecule has 0 saturated heterocycles. The van der Waals surface area contributed by atoms with E-state index in [0.717, 1.165) is 0 Å². The molecule has 1 radical (unpaired) electrons. The molecule has 0 fully saturated rings. The molecule has 0 aliphatic rings. The van der Waals surface area contributed by atoms with Gasteiger partial charge in [-0.15, -0.1) is 0 Å². The van der Waals surface area contributed by atoms with Crippen LogP contribution in [0.3, 0.4) is 0 Å². The Morgan fingerprint density at radius 3 is 1.00 bits per heavy atom. The van der Waals surface area contributed by atoms with Crippen LogP contribution in [-0.4, -0.2) is 0 Å². The maximum absolute atomic E-state index is 0. The smallest absolute Gasteiger partial charge is 0 e. The Hall–Kier alpha value is 2.65. The minimum atomic E-state index is 0. The average Bonchev–Trinajstić information content (AvgIpc) is 0. The second-order valence-electron chi connectivity index (χ2n) is 0. The molecule has 0 unspecified atom stereocenters. The summed E-state index contributed by atoms with van der Waals surface area (Å²) in [6.45, 7) is 0. The molecule has 0 spiro atoms. The first-order chi connectivity index (χ1) is 0. The Morgan fingerprint density at radius 1 is 1.00 bits per heavy atom. The van der Waals surface area contributed by atoms with E-state index in [2.05, 4.69) is 0 Å². The van der Waals surface area contributed by atoms with E-state index in [1.165, 1.54) is 0 Å². The molecule has 25 valence electrons. The zero-order valence-corrected chi connectivity index (χ0v) is 7.95. The first kappa shape index (κ1) is 30.2. The molecule has 0 aromatic carbocycles. The molecule has 0 atom stereocenters. The van der Waals surface area contributed by atoms with E-state index in [4.69, 9.17) is 0 Å². The van der Waals surface area contributed by atoms with Crippen LogP contribution in [0.25, 0.3) is 0 Å². The Bertz CT molecular complexity index is 8.00. The van der Waals surface area contributed by atoms with E-state index < -0.39 is 0 Å². The Morgan fingerprint density at radius 2 is 1.00 bits per heavy atom. The molecule has 0 aromatic rings. The van der Waals surface area contributed by atoms with E-state index in [-0.39, 0.29) is 82.4 Å². The predicted molar refractivity (Wildman–Crippen MR) is 0 cm³/mol. The van der Waals surface area contributed by atoms with Crippen molar-refractivity contribution in [2.75, 3.05) is 0 Å². The van der Waals surface area contributed by atoms with E-state index in [9.17, 15) is 0 Å². The summed E-state index contributed by atoms with van der Waals surface area (Å²) in [7, 11) is 0. The predicted octanol–water partition coefficient (Wildman–Crippen LogP) is -0.0100. The summed E-state index contributed by atoms with van der Waals surface area (Å²) < 4.78 is 0. The summed E-state index contributed by atoms with van der Waals surface area (Å²) in [6, 6.07) is 0. The molecule has 0 aliphatic carbocycles. The molecule has 4 heavy (non-hydrogen) atoms. The van der Waals surface area contributed by atoms with Crippen molar-refractivity contribution in [1.82, 2.24) is 0 Å². The van der Waals surface area contributed by atoms with Gasteiger partial charge in [0.2, 0.25) is 0 Å².